The van der Waals surface area contributed by atoms with Crippen LogP contribution >= 0.6 is 0 Å². The monoisotopic (exact) mass is 401 g/mol. The largest absolute Gasteiger partial charge is 0.451 e. The second-order valence-electron chi connectivity index (χ2n) is 7.09. The molecule has 1 amide bonds. The van der Waals surface area contributed by atoms with E-state index in [9.17, 15) is 9.59 Å². The summed E-state index contributed by atoms with van der Waals surface area (Å²) in [5.41, 5.74) is 0.210. The number of carbonyl (C=O) groups excluding carboxylic acids is 1. The molecule has 1 aliphatic rings. The summed E-state index contributed by atoms with van der Waals surface area (Å²) in [4.78, 5) is 28.9. The lowest BCUT2D eigenvalue weighted by molar-refractivity contribution is 0.0715. The molecule has 1 saturated heterocycles. The molecule has 0 unspecified atom stereocenters. The molecule has 1 aromatic carbocycles. The second kappa shape index (κ2) is 7.47. The van der Waals surface area contributed by atoms with Crippen molar-refractivity contribution in [3.63, 3.8) is 0 Å². The Bertz CT molecular complexity index is 1240. The number of nitrogens with zero attached hydrogens (tertiary/aromatic N) is 5. The highest BCUT2D eigenvalue weighted by molar-refractivity contribution is 5.93. The predicted octanol–water partition coefficient (Wildman–Crippen LogP) is 2.34. The minimum Gasteiger partial charge on any atom is -0.451 e. The van der Waals surface area contributed by atoms with E-state index in [1.165, 1.54) is 6.07 Å². The first kappa shape index (κ1) is 18.1. The summed E-state index contributed by atoms with van der Waals surface area (Å²) < 4.78 is 7.58. The van der Waals surface area contributed by atoms with Gasteiger partial charge in [-0.05, 0) is 36.4 Å². The van der Waals surface area contributed by atoms with Gasteiger partial charge in [0.15, 0.2) is 22.8 Å². The Hall–Kier alpha value is -3.94. The number of anilines is 1. The molecule has 0 aliphatic carbocycles. The van der Waals surface area contributed by atoms with E-state index in [2.05, 4.69) is 15.1 Å². The van der Waals surface area contributed by atoms with Crippen LogP contribution < -0.4 is 10.3 Å². The summed E-state index contributed by atoms with van der Waals surface area (Å²) in [6.07, 6.45) is 3.83. The van der Waals surface area contributed by atoms with Gasteiger partial charge in [-0.1, -0.05) is 12.1 Å². The lowest BCUT2D eigenvalue weighted by Crippen LogP contribution is -2.49. The molecule has 4 heterocycles. The van der Waals surface area contributed by atoms with Crippen LogP contribution in [-0.2, 0) is 0 Å². The van der Waals surface area contributed by atoms with Crippen molar-refractivity contribution in [2.45, 2.75) is 0 Å². The quantitative estimate of drug-likeness (QED) is 0.524. The maximum Gasteiger partial charge on any atom is 0.289 e. The van der Waals surface area contributed by atoms with Gasteiger partial charge in [0, 0.05) is 44.6 Å². The molecule has 0 saturated carbocycles. The van der Waals surface area contributed by atoms with Crippen LogP contribution in [0.2, 0.25) is 0 Å². The van der Waals surface area contributed by atoms with Gasteiger partial charge >= 0.3 is 0 Å². The molecule has 1 fully saturated rings. The molecule has 0 N–H and O–H groups in total. The fraction of sp³-hybridized carbons (Fsp3) is 0.182. The Kier molecular flexibility index (Phi) is 4.51. The van der Waals surface area contributed by atoms with Crippen molar-refractivity contribution in [3.8, 4) is 5.82 Å². The molecular formula is C22H19N5O3. The van der Waals surface area contributed by atoms with Gasteiger partial charge in [-0.25, -0.2) is 0 Å². The Balaban J connectivity index is 1.28. The highest BCUT2D eigenvalue weighted by Gasteiger charge is 2.25. The zero-order valence-corrected chi connectivity index (χ0v) is 16.1. The number of benzene rings is 1. The summed E-state index contributed by atoms with van der Waals surface area (Å²) in [5, 5.41) is 9.07. The van der Waals surface area contributed by atoms with Crippen LogP contribution in [0.3, 0.4) is 0 Å². The second-order valence-corrected chi connectivity index (χ2v) is 7.09. The molecule has 0 bridgehead atoms. The number of rotatable bonds is 3. The molecule has 150 valence electrons. The number of hydrogen-bond acceptors (Lipinski definition) is 6. The Morgan fingerprint density at radius 3 is 2.30 bits per heavy atom. The van der Waals surface area contributed by atoms with Gasteiger partial charge in [-0.3, -0.25) is 9.59 Å². The van der Waals surface area contributed by atoms with Crippen LogP contribution in [-0.4, -0.2) is 51.8 Å². The first-order valence-electron chi connectivity index (χ1n) is 9.73. The Labute approximate surface area is 172 Å². The number of hydrogen-bond donors (Lipinski definition) is 0. The minimum atomic E-state index is -0.272. The fourth-order valence-corrected chi connectivity index (χ4v) is 3.62. The van der Waals surface area contributed by atoms with E-state index >= 15 is 0 Å². The van der Waals surface area contributed by atoms with E-state index in [1.54, 1.807) is 29.2 Å². The number of piperazine rings is 1. The van der Waals surface area contributed by atoms with Crippen LogP contribution in [0.15, 0.2) is 76.2 Å². The Morgan fingerprint density at radius 2 is 1.57 bits per heavy atom. The molecule has 0 radical (unpaired) electrons. The molecule has 3 aromatic heterocycles. The van der Waals surface area contributed by atoms with E-state index in [0.29, 0.717) is 37.1 Å². The third kappa shape index (κ3) is 3.32. The molecule has 0 atom stereocenters. The maximum absolute atomic E-state index is 12.9. The Morgan fingerprint density at radius 1 is 0.867 bits per heavy atom. The van der Waals surface area contributed by atoms with Crippen LogP contribution in [0, 0.1) is 0 Å². The first-order chi connectivity index (χ1) is 14.7. The average Bonchev–Trinajstić information content (AvgIpc) is 3.34. The molecule has 30 heavy (non-hydrogen) atoms. The molecule has 8 nitrogen and oxygen atoms in total. The van der Waals surface area contributed by atoms with E-state index < -0.39 is 0 Å². The number of amides is 1. The minimum absolute atomic E-state index is 0.0722. The smallest absolute Gasteiger partial charge is 0.289 e. The van der Waals surface area contributed by atoms with Crippen LogP contribution in [0.25, 0.3) is 16.8 Å². The lowest BCUT2D eigenvalue weighted by atomic mass is 10.2. The van der Waals surface area contributed by atoms with Gasteiger partial charge in [0.1, 0.15) is 5.58 Å². The highest BCUT2D eigenvalue weighted by Crippen LogP contribution is 2.17. The molecule has 0 spiro atoms. The zero-order chi connectivity index (χ0) is 20.5. The van der Waals surface area contributed by atoms with E-state index in [-0.39, 0.29) is 17.1 Å². The van der Waals surface area contributed by atoms with Crippen molar-refractivity contribution in [3.05, 3.63) is 83.0 Å². The standard InChI is InChI=1S/C22H19N5O3/c28-17-15-19(30-18-6-2-1-5-16(17)18)22(29)27-13-11-26(12-14-27)21-8-7-20(23-24-21)25-9-3-4-10-25/h1-10,15H,11-14H2. The highest BCUT2D eigenvalue weighted by atomic mass is 16.3. The van der Waals surface area contributed by atoms with E-state index in [4.69, 9.17) is 4.42 Å². The van der Waals surface area contributed by atoms with Gasteiger partial charge < -0.3 is 18.8 Å². The van der Waals surface area contributed by atoms with Crippen molar-refractivity contribution in [1.82, 2.24) is 19.7 Å². The number of para-hydroxylation sites is 1. The summed E-state index contributed by atoms with van der Waals surface area (Å²) >= 11 is 0. The lowest BCUT2D eigenvalue weighted by Gasteiger charge is -2.34. The topological polar surface area (TPSA) is 84.5 Å². The van der Waals surface area contributed by atoms with Crippen molar-refractivity contribution < 1.29 is 9.21 Å². The van der Waals surface area contributed by atoms with Crippen molar-refractivity contribution >= 4 is 22.7 Å². The van der Waals surface area contributed by atoms with E-state index in [1.807, 2.05) is 41.2 Å². The van der Waals surface area contributed by atoms with Crippen LogP contribution in [0.5, 0.6) is 0 Å². The van der Waals surface area contributed by atoms with Gasteiger partial charge in [0.2, 0.25) is 0 Å². The number of fused-ring (bicyclic) bond motifs is 1. The number of carbonyl (C=O) groups is 1. The molecule has 5 rings (SSSR count). The van der Waals surface area contributed by atoms with E-state index in [0.717, 1.165) is 11.6 Å². The maximum atomic E-state index is 12.9. The van der Waals surface area contributed by atoms with Crippen LogP contribution in [0.1, 0.15) is 10.6 Å². The normalized spacial score (nSPS) is 14.3. The van der Waals surface area contributed by atoms with Gasteiger partial charge in [-0.2, -0.15) is 0 Å². The number of aromatic nitrogens is 3. The summed E-state index contributed by atoms with van der Waals surface area (Å²) in [6, 6.07) is 15.9. The SMILES string of the molecule is O=C(c1cc(=O)c2ccccc2o1)N1CCN(c2ccc(-n3cccc3)nn2)CC1. The summed E-state index contributed by atoms with van der Waals surface area (Å²) in [5.74, 6) is 1.33. The van der Waals surface area contributed by atoms with Crippen molar-refractivity contribution in [2.24, 2.45) is 0 Å². The zero-order valence-electron chi connectivity index (χ0n) is 16.1. The summed E-state index contributed by atoms with van der Waals surface area (Å²) in [6.45, 7) is 2.27. The average molecular weight is 401 g/mol. The van der Waals surface area contributed by atoms with Crippen molar-refractivity contribution in [2.75, 3.05) is 31.1 Å². The van der Waals surface area contributed by atoms with Crippen molar-refractivity contribution in [1.29, 1.82) is 0 Å². The third-order valence-electron chi connectivity index (χ3n) is 5.24. The molecule has 8 heteroatoms. The predicted molar refractivity (Wildman–Crippen MR) is 112 cm³/mol. The third-order valence-corrected chi connectivity index (χ3v) is 5.24. The fourth-order valence-electron chi connectivity index (χ4n) is 3.62. The molecule has 4 aromatic rings. The molecule has 1 aliphatic heterocycles. The summed E-state index contributed by atoms with van der Waals surface area (Å²) in [7, 11) is 0. The van der Waals surface area contributed by atoms with Crippen LogP contribution in [0.4, 0.5) is 5.82 Å². The first-order valence-corrected chi connectivity index (χ1v) is 9.73. The van der Waals surface area contributed by atoms with Gasteiger partial charge in [0.05, 0.1) is 5.39 Å². The molecular weight excluding hydrogens is 382 g/mol. The van der Waals surface area contributed by atoms with Gasteiger partial charge in [0.25, 0.3) is 5.91 Å². The van der Waals surface area contributed by atoms with Gasteiger partial charge in [-0.15, -0.1) is 10.2 Å².